The first-order chi connectivity index (χ1) is 13.8. The summed E-state index contributed by atoms with van der Waals surface area (Å²) in [6, 6.07) is 7.93. The van der Waals surface area contributed by atoms with Crippen molar-refractivity contribution in [3.05, 3.63) is 42.2 Å². The summed E-state index contributed by atoms with van der Waals surface area (Å²) in [7, 11) is 0. The molecule has 2 aromatic heterocycles. The lowest BCUT2D eigenvalue weighted by Gasteiger charge is -2.36. The van der Waals surface area contributed by atoms with Gasteiger partial charge in [0.15, 0.2) is 5.82 Å². The number of hydrogen-bond acceptors (Lipinski definition) is 5. The van der Waals surface area contributed by atoms with E-state index in [1.165, 1.54) is 11.1 Å². The van der Waals surface area contributed by atoms with Crippen LogP contribution in [-0.2, 0) is 5.41 Å². The van der Waals surface area contributed by atoms with E-state index in [0.29, 0.717) is 24.8 Å². The second-order valence-electron chi connectivity index (χ2n) is 8.57. The molecule has 2 amide bonds. The summed E-state index contributed by atoms with van der Waals surface area (Å²) < 4.78 is 5.34. The number of benzene rings is 1. The molecule has 8 nitrogen and oxygen atoms in total. The van der Waals surface area contributed by atoms with Crippen molar-refractivity contribution in [3.63, 3.8) is 0 Å². The normalized spacial score (nSPS) is 16.3. The molecule has 2 N–H and O–H groups in total. The van der Waals surface area contributed by atoms with E-state index in [2.05, 4.69) is 49.6 Å². The molecule has 0 bridgehead atoms. The number of carbonyl (C=O) groups is 1. The highest BCUT2D eigenvalue weighted by atomic mass is 16.5. The smallest absolute Gasteiger partial charge is 0.318 e. The summed E-state index contributed by atoms with van der Waals surface area (Å²) in [6.45, 7) is 10.9. The zero-order valence-corrected chi connectivity index (χ0v) is 17.4. The monoisotopic (exact) mass is 396 g/mol. The van der Waals surface area contributed by atoms with Crippen LogP contribution in [0.25, 0.3) is 10.9 Å². The molecule has 1 aliphatic rings. The number of rotatable bonds is 3. The lowest BCUT2D eigenvalue weighted by Crippen LogP contribution is -2.52. The summed E-state index contributed by atoms with van der Waals surface area (Å²) in [5, 5.41) is 8.22. The standard InChI is InChI=1S/C21H28N6O2/c1-14(18-24-19(25-29-18)21(2,3)4)23-20(28)27-12-10-26(11-13-27)17-7-5-6-16-15(17)8-9-22-16/h5-9,14,22H,10-13H2,1-4H3,(H,23,28). The predicted molar refractivity (Wildman–Crippen MR) is 112 cm³/mol. The average Bonchev–Trinajstić information content (AvgIpc) is 3.37. The molecular formula is C21H28N6O2. The van der Waals surface area contributed by atoms with Gasteiger partial charge >= 0.3 is 6.03 Å². The lowest BCUT2D eigenvalue weighted by atomic mass is 9.96. The Morgan fingerprint density at radius 3 is 2.66 bits per heavy atom. The Balaban J connectivity index is 1.35. The van der Waals surface area contributed by atoms with Crippen LogP contribution in [0.15, 0.2) is 35.0 Å². The molecule has 1 unspecified atom stereocenters. The number of nitrogens with zero attached hydrogens (tertiary/aromatic N) is 4. The van der Waals surface area contributed by atoms with Gasteiger partial charge in [0.2, 0.25) is 5.89 Å². The fourth-order valence-corrected chi connectivity index (χ4v) is 3.55. The van der Waals surface area contributed by atoms with Gasteiger partial charge in [0.1, 0.15) is 6.04 Å². The number of aromatic nitrogens is 3. The number of piperazine rings is 1. The minimum Gasteiger partial charge on any atom is -0.367 e. The van der Waals surface area contributed by atoms with E-state index in [-0.39, 0.29) is 17.5 Å². The summed E-state index contributed by atoms with van der Waals surface area (Å²) in [4.78, 5) is 24.6. The van der Waals surface area contributed by atoms with Crippen molar-refractivity contribution < 1.29 is 9.32 Å². The van der Waals surface area contributed by atoms with Crippen LogP contribution in [0, 0.1) is 0 Å². The van der Waals surface area contributed by atoms with Crippen LogP contribution in [0.2, 0.25) is 0 Å². The molecular weight excluding hydrogens is 368 g/mol. The van der Waals surface area contributed by atoms with Gasteiger partial charge in [-0.05, 0) is 25.1 Å². The fraction of sp³-hybridized carbons (Fsp3) is 0.476. The quantitative estimate of drug-likeness (QED) is 0.708. The summed E-state index contributed by atoms with van der Waals surface area (Å²) in [5.74, 6) is 1.07. The highest BCUT2D eigenvalue weighted by Crippen LogP contribution is 2.27. The van der Waals surface area contributed by atoms with Crippen LogP contribution in [0.3, 0.4) is 0 Å². The van der Waals surface area contributed by atoms with Gasteiger partial charge in [-0.2, -0.15) is 4.98 Å². The maximum absolute atomic E-state index is 12.7. The molecule has 4 rings (SSSR count). The third kappa shape index (κ3) is 3.92. The van der Waals surface area contributed by atoms with E-state index in [0.717, 1.165) is 18.6 Å². The van der Waals surface area contributed by atoms with Crippen LogP contribution in [-0.4, -0.2) is 52.2 Å². The van der Waals surface area contributed by atoms with Gasteiger partial charge in [-0.3, -0.25) is 0 Å². The maximum Gasteiger partial charge on any atom is 0.318 e. The number of fused-ring (bicyclic) bond motifs is 1. The first-order valence-electron chi connectivity index (χ1n) is 10.0. The molecule has 0 radical (unpaired) electrons. The Bertz CT molecular complexity index is 994. The van der Waals surface area contributed by atoms with Gasteiger partial charge in [-0.15, -0.1) is 0 Å². The Morgan fingerprint density at radius 2 is 1.97 bits per heavy atom. The third-order valence-electron chi connectivity index (χ3n) is 5.30. The predicted octanol–water partition coefficient (Wildman–Crippen LogP) is 3.44. The van der Waals surface area contributed by atoms with Gasteiger partial charge in [-0.1, -0.05) is 32.0 Å². The zero-order chi connectivity index (χ0) is 20.6. The molecule has 1 aliphatic heterocycles. The third-order valence-corrected chi connectivity index (χ3v) is 5.30. The van der Waals surface area contributed by atoms with Crippen LogP contribution in [0.1, 0.15) is 45.5 Å². The molecule has 8 heteroatoms. The zero-order valence-electron chi connectivity index (χ0n) is 17.4. The molecule has 3 aromatic rings. The SMILES string of the molecule is CC(NC(=O)N1CCN(c2cccc3[nH]ccc23)CC1)c1nc(C(C)(C)C)no1. The number of anilines is 1. The van der Waals surface area contributed by atoms with E-state index < -0.39 is 0 Å². The van der Waals surface area contributed by atoms with Gasteiger partial charge < -0.3 is 24.6 Å². The van der Waals surface area contributed by atoms with Crippen molar-refractivity contribution in [2.75, 3.05) is 31.1 Å². The van der Waals surface area contributed by atoms with Crippen LogP contribution in [0.5, 0.6) is 0 Å². The molecule has 0 saturated carbocycles. The lowest BCUT2D eigenvalue weighted by molar-refractivity contribution is 0.188. The number of aromatic amines is 1. The molecule has 1 atom stereocenters. The van der Waals surface area contributed by atoms with E-state index in [9.17, 15) is 4.79 Å². The number of nitrogens with one attached hydrogen (secondary N) is 2. The Labute approximate surface area is 170 Å². The van der Waals surface area contributed by atoms with E-state index >= 15 is 0 Å². The first kappa shape index (κ1) is 19.3. The van der Waals surface area contributed by atoms with Crippen molar-refractivity contribution in [3.8, 4) is 0 Å². The van der Waals surface area contributed by atoms with Crippen LogP contribution < -0.4 is 10.2 Å². The van der Waals surface area contributed by atoms with Gasteiger partial charge in [-0.25, -0.2) is 4.79 Å². The van der Waals surface area contributed by atoms with Crippen molar-refractivity contribution in [1.82, 2.24) is 25.3 Å². The number of carbonyl (C=O) groups excluding carboxylic acids is 1. The minimum atomic E-state index is -0.335. The Hall–Kier alpha value is -3.03. The molecule has 1 fully saturated rings. The highest BCUT2D eigenvalue weighted by Gasteiger charge is 2.27. The van der Waals surface area contributed by atoms with Crippen molar-refractivity contribution in [2.45, 2.75) is 39.2 Å². The van der Waals surface area contributed by atoms with E-state index in [1.807, 2.05) is 38.8 Å². The van der Waals surface area contributed by atoms with Gasteiger partial charge in [0, 0.05) is 54.4 Å². The van der Waals surface area contributed by atoms with Gasteiger partial charge in [0.05, 0.1) is 0 Å². The van der Waals surface area contributed by atoms with Crippen LogP contribution in [0.4, 0.5) is 10.5 Å². The molecule has 154 valence electrons. The molecule has 3 heterocycles. The number of urea groups is 1. The number of amides is 2. The van der Waals surface area contributed by atoms with Crippen molar-refractivity contribution in [1.29, 1.82) is 0 Å². The molecule has 1 saturated heterocycles. The molecule has 0 aliphatic carbocycles. The Kier molecular flexibility index (Phi) is 4.94. The largest absolute Gasteiger partial charge is 0.367 e. The second kappa shape index (κ2) is 7.42. The van der Waals surface area contributed by atoms with E-state index in [1.54, 1.807) is 0 Å². The topological polar surface area (TPSA) is 90.3 Å². The molecule has 0 spiro atoms. The highest BCUT2D eigenvalue weighted by molar-refractivity contribution is 5.92. The molecule has 1 aromatic carbocycles. The Morgan fingerprint density at radius 1 is 1.21 bits per heavy atom. The van der Waals surface area contributed by atoms with E-state index in [4.69, 9.17) is 4.52 Å². The molecule has 29 heavy (non-hydrogen) atoms. The maximum atomic E-state index is 12.7. The van der Waals surface area contributed by atoms with Crippen molar-refractivity contribution in [2.24, 2.45) is 0 Å². The number of hydrogen-bond donors (Lipinski definition) is 2. The fourth-order valence-electron chi connectivity index (χ4n) is 3.55. The van der Waals surface area contributed by atoms with Gasteiger partial charge in [0.25, 0.3) is 0 Å². The minimum absolute atomic E-state index is 0.104. The van der Waals surface area contributed by atoms with Crippen LogP contribution >= 0.6 is 0 Å². The number of H-pyrrole nitrogens is 1. The summed E-state index contributed by atoms with van der Waals surface area (Å²) in [6.07, 6.45) is 1.96. The first-order valence-corrected chi connectivity index (χ1v) is 10.0. The van der Waals surface area contributed by atoms with Crippen molar-refractivity contribution >= 4 is 22.6 Å². The summed E-state index contributed by atoms with van der Waals surface area (Å²) in [5.41, 5.74) is 2.15. The average molecular weight is 396 g/mol. The summed E-state index contributed by atoms with van der Waals surface area (Å²) >= 11 is 0. The second-order valence-corrected chi connectivity index (χ2v) is 8.57.